The molecule has 1 aromatic rings. The number of carboxylic acids is 1. The number of ketones is 1. The Hall–Kier alpha value is -0.750. The van der Waals surface area contributed by atoms with E-state index in [1.54, 1.807) is 6.92 Å². The quantitative estimate of drug-likeness (QED) is 0.365. The van der Waals surface area contributed by atoms with E-state index in [0.29, 0.717) is 6.42 Å². The fraction of sp³-hybridized carbons (Fsp3) is 0.684. The second-order valence-electron chi connectivity index (χ2n) is 7.46. The SMILES string of the molecule is C[C@H]1C([C@H](O)[C@H](O)CCC(=O)CCc2ccc[te]2)O[C@@](C)(C(=O)O)C[C@H]1O. The molecule has 0 aromatic carbocycles. The van der Waals surface area contributed by atoms with Gasteiger partial charge in [0, 0.05) is 0 Å². The summed E-state index contributed by atoms with van der Waals surface area (Å²) >= 11 is -0.243. The van der Waals surface area contributed by atoms with Gasteiger partial charge in [-0.25, -0.2) is 4.79 Å². The monoisotopic (exact) mass is 498 g/mol. The number of aliphatic hydroxyl groups is 3. The molecule has 1 aromatic heterocycles. The molecule has 0 saturated carbocycles. The summed E-state index contributed by atoms with van der Waals surface area (Å²) in [5.74, 6) is -1.74. The Kier molecular flexibility index (Phi) is 8.05. The van der Waals surface area contributed by atoms with E-state index in [9.17, 15) is 30.0 Å². The van der Waals surface area contributed by atoms with Gasteiger partial charge in [0.1, 0.15) is 0 Å². The molecule has 2 rings (SSSR count). The molecule has 1 aliphatic heterocycles. The number of Topliss-reactive ketones (excluding diaryl/α,β-unsaturated/α-hetero) is 1. The summed E-state index contributed by atoms with van der Waals surface area (Å²) in [6.07, 6.45) is -3.31. The first kappa shape index (κ1) is 22.5. The standard InChI is InChI=1S/C19H28O7Te/c1-11-15(22)10-19(2,18(24)25)26-17(11)16(23)14(21)8-6-12(20)5-7-13-4-3-9-27-13/h3-4,9,11,14-17,21-23H,5-8,10H2,1-2H3,(H,24,25)/t11-,14-,15-,16-,17?,19-/m1/s1. The Morgan fingerprint density at radius 3 is 2.67 bits per heavy atom. The first-order valence-corrected chi connectivity index (χ1v) is 11.6. The second kappa shape index (κ2) is 9.64. The van der Waals surface area contributed by atoms with Gasteiger partial charge >= 0.3 is 159 Å². The minimum atomic E-state index is -1.63. The number of carboxylic acid groups (broad SMARTS) is 1. The number of carbonyl (C=O) groups is 2. The molecule has 4 N–H and O–H groups in total. The average molecular weight is 496 g/mol. The third-order valence-electron chi connectivity index (χ3n) is 5.25. The Morgan fingerprint density at radius 2 is 2.07 bits per heavy atom. The van der Waals surface area contributed by atoms with Crippen molar-refractivity contribution >= 4 is 32.2 Å². The Bertz CT molecular complexity index is 632. The van der Waals surface area contributed by atoms with Gasteiger partial charge in [-0.3, -0.25) is 0 Å². The molecule has 0 spiro atoms. The molecule has 152 valence electrons. The second-order valence-corrected chi connectivity index (χ2v) is 10.4. The molecule has 6 atom stereocenters. The van der Waals surface area contributed by atoms with E-state index in [1.807, 2.05) is 6.07 Å². The van der Waals surface area contributed by atoms with Crippen LogP contribution in [0, 0.1) is 5.92 Å². The van der Waals surface area contributed by atoms with Crippen molar-refractivity contribution in [2.75, 3.05) is 0 Å². The summed E-state index contributed by atoms with van der Waals surface area (Å²) in [6, 6.07) is 4.08. The van der Waals surface area contributed by atoms with Gasteiger partial charge in [0.05, 0.1) is 0 Å². The van der Waals surface area contributed by atoms with Gasteiger partial charge < -0.3 is 5.11 Å². The first-order valence-electron chi connectivity index (χ1n) is 9.13. The van der Waals surface area contributed by atoms with E-state index in [2.05, 4.69) is 10.1 Å². The molecular formula is C19H28O7Te. The van der Waals surface area contributed by atoms with Crippen molar-refractivity contribution in [3.63, 3.8) is 0 Å². The van der Waals surface area contributed by atoms with Crippen molar-refractivity contribution in [3.05, 3.63) is 19.8 Å². The van der Waals surface area contributed by atoms with Crippen LogP contribution in [0.5, 0.6) is 0 Å². The summed E-state index contributed by atoms with van der Waals surface area (Å²) in [5.41, 5.74) is -1.63. The van der Waals surface area contributed by atoms with E-state index >= 15 is 0 Å². The number of aryl methyl sites for hydroxylation is 1. The maximum absolute atomic E-state index is 12.0. The summed E-state index contributed by atoms with van der Waals surface area (Å²) in [4.78, 5) is 23.5. The van der Waals surface area contributed by atoms with Gasteiger partial charge in [0.2, 0.25) is 0 Å². The van der Waals surface area contributed by atoms with E-state index < -0.39 is 41.9 Å². The number of aliphatic carboxylic acids is 1. The molecule has 8 heteroatoms. The molecule has 0 radical (unpaired) electrons. The van der Waals surface area contributed by atoms with Crippen LogP contribution in [0.3, 0.4) is 0 Å². The number of rotatable bonds is 9. The Labute approximate surface area is 168 Å². The fourth-order valence-corrected chi connectivity index (χ4v) is 5.34. The van der Waals surface area contributed by atoms with Crippen LogP contribution in [0.25, 0.3) is 0 Å². The zero-order chi connectivity index (χ0) is 20.2. The predicted molar refractivity (Wildman–Crippen MR) is 98.7 cm³/mol. The predicted octanol–water partition coefficient (Wildman–Crippen LogP) is 0.376. The molecule has 0 aliphatic carbocycles. The van der Waals surface area contributed by atoms with Crippen LogP contribution < -0.4 is 0 Å². The van der Waals surface area contributed by atoms with E-state index in [-0.39, 0.29) is 45.5 Å². The molecule has 2 heterocycles. The maximum atomic E-state index is 12.0. The van der Waals surface area contributed by atoms with Crippen LogP contribution in [-0.4, -0.2) is 82.6 Å². The molecule has 1 unspecified atom stereocenters. The average Bonchev–Trinajstić information content (AvgIpc) is 3.13. The third kappa shape index (κ3) is 5.86. The summed E-state index contributed by atoms with van der Waals surface area (Å²) in [5, 5.41) is 40.2. The summed E-state index contributed by atoms with van der Waals surface area (Å²) in [7, 11) is 0. The molecule has 0 bridgehead atoms. The van der Waals surface area contributed by atoms with Crippen molar-refractivity contribution in [2.24, 2.45) is 5.92 Å². The minimum absolute atomic E-state index is 0.0227. The van der Waals surface area contributed by atoms with E-state index in [1.165, 1.54) is 10.5 Å². The van der Waals surface area contributed by atoms with Crippen LogP contribution >= 0.6 is 0 Å². The molecule has 27 heavy (non-hydrogen) atoms. The molecule has 0 amide bonds. The molecule has 1 aliphatic rings. The topological polar surface area (TPSA) is 124 Å². The summed E-state index contributed by atoms with van der Waals surface area (Å²) < 4.78 is 9.05. The zero-order valence-corrected chi connectivity index (χ0v) is 17.9. The third-order valence-corrected chi connectivity index (χ3v) is 7.92. The Balaban J connectivity index is 1.87. The van der Waals surface area contributed by atoms with E-state index in [4.69, 9.17) is 4.74 Å². The van der Waals surface area contributed by atoms with Gasteiger partial charge in [-0.1, -0.05) is 0 Å². The summed E-state index contributed by atoms with van der Waals surface area (Å²) in [6.45, 7) is 2.99. The normalized spacial score (nSPS) is 30.6. The number of ether oxygens (including phenoxy) is 1. The molecular weight excluding hydrogens is 468 g/mol. The van der Waals surface area contributed by atoms with Gasteiger partial charge in [-0.15, -0.1) is 0 Å². The van der Waals surface area contributed by atoms with Crippen molar-refractivity contribution < 1.29 is 34.8 Å². The number of aliphatic hydroxyl groups excluding tert-OH is 3. The van der Waals surface area contributed by atoms with Crippen LogP contribution in [0.2, 0.25) is 0 Å². The Morgan fingerprint density at radius 1 is 1.37 bits per heavy atom. The van der Waals surface area contributed by atoms with Crippen molar-refractivity contribution in [3.8, 4) is 0 Å². The van der Waals surface area contributed by atoms with Crippen molar-refractivity contribution in [1.82, 2.24) is 0 Å². The first-order chi connectivity index (χ1) is 12.6. The van der Waals surface area contributed by atoms with Gasteiger partial charge in [-0.2, -0.15) is 0 Å². The van der Waals surface area contributed by atoms with Crippen molar-refractivity contribution in [1.29, 1.82) is 0 Å². The molecule has 1 fully saturated rings. The fourth-order valence-electron chi connectivity index (χ4n) is 3.32. The van der Waals surface area contributed by atoms with Crippen LogP contribution in [0.1, 0.15) is 43.1 Å². The number of hydrogen-bond donors (Lipinski definition) is 4. The van der Waals surface area contributed by atoms with Gasteiger partial charge in [0.25, 0.3) is 0 Å². The van der Waals surface area contributed by atoms with Crippen LogP contribution in [0.15, 0.2) is 16.2 Å². The van der Waals surface area contributed by atoms with Crippen LogP contribution in [-0.2, 0) is 20.7 Å². The van der Waals surface area contributed by atoms with Gasteiger partial charge in [0.15, 0.2) is 0 Å². The molecule has 7 nitrogen and oxygen atoms in total. The zero-order valence-electron chi connectivity index (χ0n) is 15.6. The number of hydrogen-bond acceptors (Lipinski definition) is 6. The van der Waals surface area contributed by atoms with E-state index in [0.717, 1.165) is 6.42 Å². The van der Waals surface area contributed by atoms with Crippen molar-refractivity contribution in [2.45, 2.75) is 76.0 Å². The molecule has 1 saturated heterocycles. The number of carbonyl (C=O) groups excluding carboxylic acids is 1. The van der Waals surface area contributed by atoms with Crippen LogP contribution in [0.4, 0.5) is 0 Å². The van der Waals surface area contributed by atoms with Gasteiger partial charge in [-0.05, 0) is 0 Å².